The van der Waals surface area contributed by atoms with Gasteiger partial charge in [0.25, 0.3) is 0 Å². The van der Waals surface area contributed by atoms with E-state index in [1.54, 1.807) is 0 Å². The Morgan fingerprint density at radius 1 is 1.13 bits per heavy atom. The van der Waals surface area contributed by atoms with Gasteiger partial charge in [-0.15, -0.1) is 0 Å². The lowest BCUT2D eigenvalue weighted by atomic mass is 9.76. The van der Waals surface area contributed by atoms with Crippen LogP contribution in [-0.4, -0.2) is 11.2 Å². The lowest BCUT2D eigenvalue weighted by Gasteiger charge is -2.33. The quantitative estimate of drug-likeness (QED) is 0.784. The fourth-order valence-electron chi connectivity index (χ4n) is 2.45. The Labute approximate surface area is 92.1 Å². The molecule has 0 radical (unpaired) electrons. The summed E-state index contributed by atoms with van der Waals surface area (Å²) in [5, 5.41) is 10.4. The van der Waals surface area contributed by atoms with E-state index >= 15 is 0 Å². The zero-order valence-corrected chi connectivity index (χ0v) is 9.83. The molecule has 1 aliphatic rings. The molecule has 0 heterocycles. The molecule has 0 aromatic heterocycles. The summed E-state index contributed by atoms with van der Waals surface area (Å²) in [5.74, 6) is 0. The van der Waals surface area contributed by atoms with Crippen molar-refractivity contribution in [3.8, 4) is 0 Å². The van der Waals surface area contributed by atoms with E-state index in [-0.39, 0.29) is 16.9 Å². The first-order valence-electron chi connectivity index (χ1n) is 5.70. The van der Waals surface area contributed by atoms with E-state index in [4.69, 9.17) is 0 Å². The summed E-state index contributed by atoms with van der Waals surface area (Å²) in [7, 11) is 0. The predicted octanol–water partition coefficient (Wildman–Crippen LogP) is 3.13. The normalized spacial score (nSPS) is 21.1. The van der Waals surface area contributed by atoms with Crippen LogP contribution in [0.4, 0.5) is 0 Å². The van der Waals surface area contributed by atoms with Crippen molar-refractivity contribution >= 4 is 0 Å². The number of hydrogen-bond acceptors (Lipinski definition) is 1. The highest BCUT2D eigenvalue weighted by Gasteiger charge is 2.53. The van der Waals surface area contributed by atoms with Crippen LogP contribution in [0.25, 0.3) is 0 Å². The first-order chi connectivity index (χ1) is 6.97. The Morgan fingerprint density at radius 2 is 1.67 bits per heavy atom. The van der Waals surface area contributed by atoms with Crippen molar-refractivity contribution in [2.75, 3.05) is 0 Å². The van der Waals surface area contributed by atoms with Gasteiger partial charge in [0.15, 0.2) is 0 Å². The smallest absolute Gasteiger partial charge is 0.0684 e. The highest BCUT2D eigenvalue weighted by molar-refractivity contribution is 5.33. The predicted molar refractivity (Wildman–Crippen MR) is 62.8 cm³/mol. The van der Waals surface area contributed by atoms with Gasteiger partial charge in [0.2, 0.25) is 0 Å². The molecule has 1 aliphatic carbocycles. The molecule has 0 saturated heterocycles. The van der Waals surface area contributed by atoms with Gasteiger partial charge < -0.3 is 5.11 Å². The summed E-state index contributed by atoms with van der Waals surface area (Å²) in [5.41, 5.74) is 1.30. The molecular formula is C14H20O. The molecule has 1 nitrogen and oxygen atoms in total. The standard InChI is InChI=1S/C14H20O/c1-13(2,3)12(15)14(9-10-14)11-7-5-4-6-8-11/h4-8,12,15H,9-10H2,1-3H3. The summed E-state index contributed by atoms with van der Waals surface area (Å²) in [6, 6.07) is 10.4. The van der Waals surface area contributed by atoms with Crippen LogP contribution in [0.5, 0.6) is 0 Å². The SMILES string of the molecule is CC(C)(C)C(O)C1(c2ccccc2)CC1. The topological polar surface area (TPSA) is 20.2 Å². The van der Waals surface area contributed by atoms with Crippen LogP contribution in [0.3, 0.4) is 0 Å². The van der Waals surface area contributed by atoms with Crippen LogP contribution in [0, 0.1) is 5.41 Å². The van der Waals surface area contributed by atoms with Gasteiger partial charge in [0, 0.05) is 5.41 Å². The van der Waals surface area contributed by atoms with Crippen LogP contribution in [0.15, 0.2) is 30.3 Å². The number of aliphatic hydroxyl groups is 1. The lowest BCUT2D eigenvalue weighted by molar-refractivity contribution is 0.0289. The maximum Gasteiger partial charge on any atom is 0.0684 e. The van der Waals surface area contributed by atoms with Crippen molar-refractivity contribution < 1.29 is 5.11 Å². The maximum absolute atomic E-state index is 10.4. The molecule has 1 saturated carbocycles. The first-order valence-corrected chi connectivity index (χ1v) is 5.70. The number of benzene rings is 1. The lowest BCUT2D eigenvalue weighted by Crippen LogP contribution is -2.37. The van der Waals surface area contributed by atoms with Crippen LogP contribution in [0.2, 0.25) is 0 Å². The molecule has 0 aliphatic heterocycles. The Bertz CT molecular complexity index is 330. The molecule has 1 fully saturated rings. The molecule has 1 aromatic rings. The average molecular weight is 204 g/mol. The minimum atomic E-state index is -0.243. The third-order valence-corrected chi connectivity index (χ3v) is 3.48. The zero-order valence-electron chi connectivity index (χ0n) is 9.83. The molecule has 2 rings (SSSR count). The molecule has 1 N–H and O–H groups in total. The molecule has 1 heteroatoms. The van der Waals surface area contributed by atoms with E-state index in [0.717, 1.165) is 12.8 Å². The molecule has 1 aromatic carbocycles. The second kappa shape index (κ2) is 3.34. The van der Waals surface area contributed by atoms with Gasteiger partial charge >= 0.3 is 0 Å². The largest absolute Gasteiger partial charge is 0.392 e. The first kappa shape index (κ1) is 10.7. The second-order valence-electron chi connectivity index (χ2n) is 5.79. The molecule has 82 valence electrons. The Balaban J connectivity index is 2.29. The molecule has 15 heavy (non-hydrogen) atoms. The number of rotatable bonds is 2. The monoisotopic (exact) mass is 204 g/mol. The van der Waals surface area contributed by atoms with Crippen LogP contribution >= 0.6 is 0 Å². The van der Waals surface area contributed by atoms with E-state index in [9.17, 15) is 5.11 Å². The maximum atomic E-state index is 10.4. The number of aliphatic hydroxyl groups excluding tert-OH is 1. The second-order valence-corrected chi connectivity index (χ2v) is 5.79. The molecule has 0 amide bonds. The van der Waals surface area contributed by atoms with Gasteiger partial charge in [-0.25, -0.2) is 0 Å². The van der Waals surface area contributed by atoms with Crippen LogP contribution in [0.1, 0.15) is 39.2 Å². The van der Waals surface area contributed by atoms with Gasteiger partial charge in [0.05, 0.1) is 6.10 Å². The summed E-state index contributed by atoms with van der Waals surface area (Å²) >= 11 is 0. The van der Waals surface area contributed by atoms with Crippen molar-refractivity contribution in [1.82, 2.24) is 0 Å². The van der Waals surface area contributed by atoms with Crippen LogP contribution < -0.4 is 0 Å². The van der Waals surface area contributed by atoms with Gasteiger partial charge in [-0.1, -0.05) is 51.1 Å². The Hall–Kier alpha value is -0.820. The average Bonchev–Trinajstić information content (AvgIpc) is 2.97. The summed E-state index contributed by atoms with van der Waals surface area (Å²) in [6.45, 7) is 6.34. The molecule has 1 unspecified atom stereocenters. The summed E-state index contributed by atoms with van der Waals surface area (Å²) in [6.07, 6.45) is 2.00. The van der Waals surface area contributed by atoms with E-state index < -0.39 is 0 Å². The third-order valence-electron chi connectivity index (χ3n) is 3.48. The van der Waals surface area contributed by atoms with Gasteiger partial charge in [-0.3, -0.25) is 0 Å². The Morgan fingerprint density at radius 3 is 2.07 bits per heavy atom. The Kier molecular flexibility index (Phi) is 2.38. The highest BCUT2D eigenvalue weighted by Crippen LogP contribution is 2.54. The third kappa shape index (κ3) is 1.81. The van der Waals surface area contributed by atoms with E-state index in [2.05, 4.69) is 45.0 Å². The molecular weight excluding hydrogens is 184 g/mol. The van der Waals surface area contributed by atoms with Crippen molar-refractivity contribution in [3.05, 3.63) is 35.9 Å². The highest BCUT2D eigenvalue weighted by atomic mass is 16.3. The van der Waals surface area contributed by atoms with Crippen molar-refractivity contribution in [2.24, 2.45) is 5.41 Å². The van der Waals surface area contributed by atoms with E-state index in [1.165, 1.54) is 5.56 Å². The molecule has 0 bridgehead atoms. The molecule has 1 atom stereocenters. The zero-order chi connectivity index (χ0) is 11.1. The van der Waals surface area contributed by atoms with Crippen molar-refractivity contribution in [2.45, 2.75) is 45.1 Å². The fraction of sp³-hybridized carbons (Fsp3) is 0.571. The van der Waals surface area contributed by atoms with E-state index in [1.807, 2.05) is 6.07 Å². The fourth-order valence-corrected chi connectivity index (χ4v) is 2.45. The van der Waals surface area contributed by atoms with Gasteiger partial charge in [0.1, 0.15) is 0 Å². The minimum Gasteiger partial charge on any atom is -0.392 e. The van der Waals surface area contributed by atoms with Crippen molar-refractivity contribution in [3.63, 3.8) is 0 Å². The van der Waals surface area contributed by atoms with Crippen molar-refractivity contribution in [1.29, 1.82) is 0 Å². The molecule has 0 spiro atoms. The number of hydrogen-bond donors (Lipinski definition) is 1. The van der Waals surface area contributed by atoms with Gasteiger partial charge in [-0.2, -0.15) is 0 Å². The van der Waals surface area contributed by atoms with E-state index in [0.29, 0.717) is 0 Å². The summed E-state index contributed by atoms with van der Waals surface area (Å²) < 4.78 is 0. The van der Waals surface area contributed by atoms with Crippen LogP contribution in [-0.2, 0) is 5.41 Å². The van der Waals surface area contributed by atoms with Gasteiger partial charge in [-0.05, 0) is 23.8 Å². The summed E-state index contributed by atoms with van der Waals surface area (Å²) in [4.78, 5) is 0. The minimum absolute atomic E-state index is 0.0354.